The number of benzene rings is 1. The van der Waals surface area contributed by atoms with Gasteiger partial charge in [-0.15, -0.1) is 0 Å². The molecule has 1 aliphatic heterocycles. The number of halogens is 1. The van der Waals surface area contributed by atoms with Gasteiger partial charge in [-0.05, 0) is 37.5 Å². The minimum atomic E-state index is -3.55. The molecule has 0 radical (unpaired) electrons. The Kier molecular flexibility index (Phi) is 6.83. The molecule has 0 unspecified atom stereocenters. The van der Waals surface area contributed by atoms with Crippen LogP contribution in [-0.2, 0) is 25.0 Å². The quantitative estimate of drug-likeness (QED) is 0.535. The van der Waals surface area contributed by atoms with Crippen molar-refractivity contribution in [1.82, 2.24) is 20.6 Å². The molecule has 2 N–H and O–H groups in total. The summed E-state index contributed by atoms with van der Waals surface area (Å²) in [6.07, 6.45) is 9.26. The number of hydrogen-bond donors (Lipinski definition) is 2. The lowest BCUT2D eigenvalue weighted by molar-refractivity contribution is -0.123. The molecule has 1 atom stereocenters. The molecule has 1 saturated carbocycles. The predicted octanol–water partition coefficient (Wildman–Crippen LogP) is 3.22. The monoisotopic (exact) mass is 519 g/mol. The van der Waals surface area contributed by atoms with Crippen molar-refractivity contribution < 1.29 is 22.8 Å². The number of imide groups is 1. The molecule has 1 aliphatic carbocycles. The van der Waals surface area contributed by atoms with Crippen molar-refractivity contribution in [2.75, 3.05) is 11.2 Å². The van der Waals surface area contributed by atoms with Gasteiger partial charge in [0.1, 0.15) is 0 Å². The molecule has 35 heavy (non-hydrogen) atoms. The Morgan fingerprint density at radius 3 is 2.46 bits per heavy atom. The van der Waals surface area contributed by atoms with Crippen LogP contribution in [0.25, 0.3) is 0 Å². The number of urea groups is 1. The van der Waals surface area contributed by atoms with Crippen molar-refractivity contribution in [2.45, 2.75) is 55.9 Å². The number of aromatic nitrogens is 2. The summed E-state index contributed by atoms with van der Waals surface area (Å²) in [6, 6.07) is 3.63. The van der Waals surface area contributed by atoms with Crippen LogP contribution < -0.4 is 15.5 Å². The molecule has 2 heterocycles. The number of carbonyl (C=O) groups excluding carboxylic acids is 3. The van der Waals surface area contributed by atoms with Crippen molar-refractivity contribution in [3.63, 3.8) is 0 Å². The van der Waals surface area contributed by atoms with Crippen molar-refractivity contribution in [3.8, 4) is 0 Å². The van der Waals surface area contributed by atoms with E-state index >= 15 is 0 Å². The van der Waals surface area contributed by atoms with E-state index in [9.17, 15) is 22.8 Å². The van der Waals surface area contributed by atoms with Gasteiger partial charge in [-0.2, -0.15) is 0 Å². The fraction of sp³-hybridized carbons (Fsp3) is 0.435. The maximum atomic E-state index is 13.4. The van der Waals surface area contributed by atoms with E-state index < -0.39 is 27.3 Å². The molecule has 10 nitrogen and oxygen atoms in total. The van der Waals surface area contributed by atoms with E-state index in [-0.39, 0.29) is 33.8 Å². The molecule has 186 valence electrons. The highest BCUT2D eigenvalue weighted by Crippen LogP contribution is 2.33. The summed E-state index contributed by atoms with van der Waals surface area (Å²) >= 11 is 6.25. The van der Waals surface area contributed by atoms with Gasteiger partial charge in [-0.25, -0.2) is 18.2 Å². The van der Waals surface area contributed by atoms with Gasteiger partial charge >= 0.3 is 6.03 Å². The molecular formula is C23H26ClN5O5S. The summed E-state index contributed by atoms with van der Waals surface area (Å²) in [4.78, 5) is 47.2. The first-order valence-electron chi connectivity index (χ1n) is 11.3. The largest absolute Gasteiger partial charge is 0.322 e. The summed E-state index contributed by atoms with van der Waals surface area (Å²) < 4.78 is 24.0. The molecule has 1 saturated heterocycles. The van der Waals surface area contributed by atoms with E-state index in [4.69, 9.17) is 11.6 Å². The lowest BCUT2D eigenvalue weighted by Crippen LogP contribution is -2.41. The molecule has 2 fully saturated rings. The molecule has 12 heteroatoms. The number of nitrogens with one attached hydrogen (secondary N) is 2. The zero-order valence-electron chi connectivity index (χ0n) is 19.4. The van der Waals surface area contributed by atoms with E-state index in [0.29, 0.717) is 11.6 Å². The Balaban J connectivity index is 1.67. The summed E-state index contributed by atoms with van der Waals surface area (Å²) in [6.45, 7) is 1.51. The second-order valence-corrected chi connectivity index (χ2v) is 11.5. The number of carbonyl (C=O) groups is 3. The van der Waals surface area contributed by atoms with Crippen LogP contribution >= 0.6 is 11.6 Å². The Bertz CT molecular complexity index is 1280. The molecule has 1 aromatic carbocycles. The second kappa shape index (κ2) is 9.54. The predicted molar refractivity (Wildman–Crippen MR) is 129 cm³/mol. The number of hydrogen-bond acceptors (Lipinski definition) is 7. The van der Waals surface area contributed by atoms with Gasteiger partial charge in [-0.3, -0.25) is 24.8 Å². The van der Waals surface area contributed by atoms with Gasteiger partial charge in [0.15, 0.2) is 21.2 Å². The molecule has 2 aliphatic rings. The average molecular weight is 520 g/mol. The van der Waals surface area contributed by atoms with Crippen molar-refractivity contribution in [2.24, 2.45) is 5.92 Å². The van der Waals surface area contributed by atoms with Crippen molar-refractivity contribution in [3.05, 3.63) is 41.3 Å². The van der Waals surface area contributed by atoms with Gasteiger partial charge < -0.3 is 5.32 Å². The topological polar surface area (TPSA) is 138 Å². The first kappa shape index (κ1) is 25.1. The highest BCUT2D eigenvalue weighted by atomic mass is 35.5. The highest BCUT2D eigenvalue weighted by molar-refractivity contribution is 7.90. The van der Waals surface area contributed by atoms with E-state index in [1.54, 1.807) is 0 Å². The summed E-state index contributed by atoms with van der Waals surface area (Å²) in [7, 11) is -3.55. The fourth-order valence-corrected chi connectivity index (χ4v) is 5.81. The van der Waals surface area contributed by atoms with Crippen LogP contribution in [0, 0.1) is 5.92 Å². The zero-order chi connectivity index (χ0) is 25.4. The summed E-state index contributed by atoms with van der Waals surface area (Å²) in [5, 5.41) is 4.68. The van der Waals surface area contributed by atoms with E-state index in [1.807, 2.05) is 0 Å². The van der Waals surface area contributed by atoms with Crippen molar-refractivity contribution in [1.29, 1.82) is 0 Å². The molecule has 0 spiro atoms. The summed E-state index contributed by atoms with van der Waals surface area (Å²) in [5.74, 6) is -0.117. The normalized spacial score (nSPS) is 20.5. The van der Waals surface area contributed by atoms with Gasteiger partial charge in [0.05, 0.1) is 33.7 Å². The smallest absolute Gasteiger partial charge is 0.318 e. The average Bonchev–Trinajstić information content (AvgIpc) is 3.40. The first-order chi connectivity index (χ1) is 16.5. The molecular weight excluding hydrogens is 494 g/mol. The molecule has 1 aromatic heterocycles. The molecule has 4 amide bonds. The zero-order valence-corrected chi connectivity index (χ0v) is 20.9. The minimum absolute atomic E-state index is 0.0129. The maximum Gasteiger partial charge on any atom is 0.322 e. The fourth-order valence-electron chi connectivity index (χ4n) is 4.49. The lowest BCUT2D eigenvalue weighted by atomic mass is 9.99. The number of anilines is 2. The Labute approximate surface area is 208 Å². The van der Waals surface area contributed by atoms with Crippen molar-refractivity contribution >= 4 is 50.8 Å². The van der Waals surface area contributed by atoms with Crippen LogP contribution in [0.5, 0.6) is 0 Å². The summed E-state index contributed by atoms with van der Waals surface area (Å²) in [5.41, 5.74) is -0.840. The van der Waals surface area contributed by atoms with Gasteiger partial charge in [0.25, 0.3) is 5.91 Å². The first-order valence-corrected chi connectivity index (χ1v) is 13.5. The van der Waals surface area contributed by atoms with Gasteiger partial charge in [0.2, 0.25) is 5.91 Å². The third kappa shape index (κ3) is 5.15. The molecule has 4 rings (SSSR count). The Morgan fingerprint density at radius 1 is 1.20 bits per heavy atom. The van der Waals surface area contributed by atoms with Crippen LogP contribution in [0.1, 0.15) is 51.1 Å². The lowest BCUT2D eigenvalue weighted by Gasteiger charge is -2.24. The van der Waals surface area contributed by atoms with Crippen LogP contribution in [0.15, 0.2) is 35.5 Å². The highest BCUT2D eigenvalue weighted by Gasteiger charge is 2.45. The SMILES string of the molecule is C[C@]1(c2cnc(N(C(=O)CCC3CCCC3)c3ccc(S(C)(=O)=O)c(Cl)c3)cn2)NC(=O)NC1=O. The van der Waals surface area contributed by atoms with E-state index in [1.165, 1.54) is 55.3 Å². The second-order valence-electron chi connectivity index (χ2n) is 9.10. The van der Waals surface area contributed by atoms with Gasteiger partial charge in [-0.1, -0.05) is 37.3 Å². The van der Waals surface area contributed by atoms with Crippen LogP contribution in [-0.4, -0.2) is 42.5 Å². The van der Waals surface area contributed by atoms with E-state index in [0.717, 1.165) is 25.5 Å². The Hall–Kier alpha value is -3.05. The van der Waals surface area contributed by atoms with Crippen LogP contribution in [0.2, 0.25) is 5.02 Å². The van der Waals surface area contributed by atoms with Crippen LogP contribution in [0.3, 0.4) is 0 Å². The van der Waals surface area contributed by atoms with Gasteiger partial charge in [0, 0.05) is 12.7 Å². The third-order valence-electron chi connectivity index (χ3n) is 6.49. The standard InChI is InChI=1S/C23H26ClN5O5S/c1-23(21(31)27-22(32)28-23)18-12-26-19(13-25-18)29(20(30)10-7-14-5-3-4-6-14)15-8-9-17(16(24)11-15)35(2,33)34/h8-9,11-14H,3-7,10H2,1-2H3,(H2,27,28,31,32)/t23-/m1/s1. The number of nitrogens with zero attached hydrogens (tertiary/aromatic N) is 3. The maximum absolute atomic E-state index is 13.4. The number of sulfone groups is 1. The Morgan fingerprint density at radius 2 is 1.91 bits per heavy atom. The van der Waals surface area contributed by atoms with E-state index in [2.05, 4.69) is 20.6 Å². The molecule has 2 aromatic rings. The number of amides is 4. The minimum Gasteiger partial charge on any atom is -0.318 e. The number of rotatable bonds is 7. The third-order valence-corrected chi connectivity index (χ3v) is 8.07. The molecule has 0 bridgehead atoms. The van der Waals surface area contributed by atoms with Crippen LogP contribution in [0.4, 0.5) is 16.3 Å².